The number of nitrogens with zero attached hydrogens (tertiary/aromatic N) is 2. The Morgan fingerprint density at radius 1 is 1.16 bits per heavy atom. The van der Waals surface area contributed by atoms with Crippen molar-refractivity contribution in [1.29, 1.82) is 0 Å². The number of likely N-dealkylation sites (tertiary alicyclic amines) is 1. The lowest BCUT2D eigenvalue weighted by Crippen LogP contribution is -2.39. The highest BCUT2D eigenvalue weighted by molar-refractivity contribution is 6.02. The van der Waals surface area contributed by atoms with Crippen LogP contribution < -0.4 is 16.4 Å². The van der Waals surface area contributed by atoms with E-state index in [2.05, 4.69) is 37.6 Å². The van der Waals surface area contributed by atoms with E-state index in [1.807, 2.05) is 61.8 Å². The second kappa shape index (κ2) is 10.0. The zero-order chi connectivity index (χ0) is 22.3. The Hall–Kier alpha value is -3.74. The van der Waals surface area contributed by atoms with Crippen LogP contribution in [0.4, 0.5) is 17.2 Å². The molecule has 32 heavy (non-hydrogen) atoms. The summed E-state index contributed by atoms with van der Waals surface area (Å²) < 4.78 is 0. The minimum Gasteiger partial charge on any atom is -0.385 e. The highest BCUT2D eigenvalue weighted by atomic mass is 16.1. The van der Waals surface area contributed by atoms with Crippen LogP contribution in [0, 0.1) is 0 Å². The number of rotatable bonds is 6. The maximum absolute atomic E-state index is 12.4. The van der Waals surface area contributed by atoms with Crippen molar-refractivity contribution < 1.29 is 4.79 Å². The van der Waals surface area contributed by atoms with E-state index >= 15 is 0 Å². The van der Waals surface area contributed by atoms with E-state index in [4.69, 9.17) is 5.73 Å². The summed E-state index contributed by atoms with van der Waals surface area (Å²) in [4.78, 5) is 22.3. The molecular weight excluding hydrogens is 400 g/mol. The fraction of sp³-hybridized carbons (Fsp3) is 0.280. The minimum atomic E-state index is -0.0698. The third-order valence-electron chi connectivity index (χ3n) is 5.82. The standard InChI is InChI=1S/C25H30N6O/c1-27-25(22-12-13-28-24(22)26)31-14-6-8-19(17-31)18-7-5-11-21(15-18)30-23(32)16-29-20-9-3-2-4-10-20/h2-5,7,9-13,15,19,28-29H,6,8,14,16-17,26H2,1H3,(H,30,32). The lowest BCUT2D eigenvalue weighted by atomic mass is 9.90. The van der Waals surface area contributed by atoms with Crippen molar-refractivity contribution in [2.24, 2.45) is 4.99 Å². The number of H-pyrrole nitrogens is 1. The molecule has 1 amide bonds. The number of hydrogen-bond acceptors (Lipinski definition) is 4. The Balaban J connectivity index is 1.40. The Morgan fingerprint density at radius 2 is 1.97 bits per heavy atom. The fourth-order valence-corrected chi connectivity index (χ4v) is 4.26. The molecule has 0 spiro atoms. The van der Waals surface area contributed by atoms with Crippen LogP contribution in [0.2, 0.25) is 0 Å². The van der Waals surface area contributed by atoms with E-state index in [9.17, 15) is 4.79 Å². The molecule has 1 saturated heterocycles. The summed E-state index contributed by atoms with van der Waals surface area (Å²) in [5.41, 5.74) is 10.0. The molecule has 3 aromatic rings. The van der Waals surface area contributed by atoms with E-state index < -0.39 is 0 Å². The molecule has 0 saturated carbocycles. The van der Waals surface area contributed by atoms with E-state index in [0.717, 1.165) is 48.7 Å². The molecule has 1 unspecified atom stereocenters. The van der Waals surface area contributed by atoms with Crippen molar-refractivity contribution >= 4 is 28.9 Å². The minimum absolute atomic E-state index is 0.0698. The SMILES string of the molecule is CN=C(c1cc[nH]c1N)N1CCCC(c2cccc(NC(=O)CNc3ccccc3)c2)C1. The number of amides is 1. The number of carbonyl (C=O) groups is 1. The molecule has 0 aliphatic carbocycles. The van der Waals surface area contributed by atoms with E-state index in [-0.39, 0.29) is 12.5 Å². The highest BCUT2D eigenvalue weighted by Gasteiger charge is 2.25. The number of amidine groups is 1. The summed E-state index contributed by atoms with van der Waals surface area (Å²) in [6, 6.07) is 19.9. The van der Waals surface area contributed by atoms with Crippen molar-refractivity contribution in [2.75, 3.05) is 43.0 Å². The van der Waals surface area contributed by atoms with Crippen molar-refractivity contribution in [1.82, 2.24) is 9.88 Å². The third-order valence-corrected chi connectivity index (χ3v) is 5.82. The Morgan fingerprint density at radius 3 is 2.72 bits per heavy atom. The Labute approximate surface area is 188 Å². The topological polar surface area (TPSA) is 98.5 Å². The van der Waals surface area contributed by atoms with Crippen molar-refractivity contribution in [3.05, 3.63) is 78.0 Å². The van der Waals surface area contributed by atoms with Crippen LogP contribution in [0.1, 0.15) is 29.9 Å². The van der Waals surface area contributed by atoms with Crippen molar-refractivity contribution in [2.45, 2.75) is 18.8 Å². The van der Waals surface area contributed by atoms with Gasteiger partial charge in [0, 0.05) is 43.6 Å². The number of para-hydroxylation sites is 1. The number of nitrogens with two attached hydrogens (primary N) is 1. The van der Waals surface area contributed by atoms with Gasteiger partial charge in [-0.15, -0.1) is 0 Å². The summed E-state index contributed by atoms with van der Waals surface area (Å²) in [5.74, 6) is 1.85. The quantitative estimate of drug-likeness (QED) is 0.352. The lowest BCUT2D eigenvalue weighted by Gasteiger charge is -2.35. The van der Waals surface area contributed by atoms with Crippen molar-refractivity contribution in [3.8, 4) is 0 Å². The van der Waals surface area contributed by atoms with Crippen LogP contribution in [0.5, 0.6) is 0 Å². The molecule has 7 nitrogen and oxygen atoms in total. The number of aromatic nitrogens is 1. The first-order valence-electron chi connectivity index (χ1n) is 11.0. The zero-order valence-electron chi connectivity index (χ0n) is 18.3. The van der Waals surface area contributed by atoms with Gasteiger partial charge >= 0.3 is 0 Å². The Kier molecular flexibility index (Phi) is 6.75. The van der Waals surface area contributed by atoms with Gasteiger partial charge in [0.2, 0.25) is 5.91 Å². The molecule has 0 radical (unpaired) electrons. The average Bonchev–Trinajstić information content (AvgIpc) is 3.25. The summed E-state index contributed by atoms with van der Waals surface area (Å²) in [7, 11) is 1.81. The average molecular weight is 431 g/mol. The molecule has 1 aliphatic rings. The first-order chi connectivity index (χ1) is 15.6. The molecular formula is C25H30N6O. The normalized spacial score (nSPS) is 16.6. The van der Waals surface area contributed by atoms with Crippen LogP contribution >= 0.6 is 0 Å². The molecule has 1 fully saturated rings. The molecule has 7 heteroatoms. The first-order valence-corrected chi connectivity index (χ1v) is 11.0. The summed E-state index contributed by atoms with van der Waals surface area (Å²) in [6.07, 6.45) is 4.02. The van der Waals surface area contributed by atoms with Gasteiger partial charge in [0.1, 0.15) is 11.7 Å². The number of benzene rings is 2. The molecule has 0 bridgehead atoms. The van der Waals surface area contributed by atoms with Crippen LogP contribution in [-0.4, -0.2) is 48.3 Å². The lowest BCUT2D eigenvalue weighted by molar-refractivity contribution is -0.114. The van der Waals surface area contributed by atoms with Gasteiger partial charge < -0.3 is 26.3 Å². The van der Waals surface area contributed by atoms with Crippen LogP contribution in [0.15, 0.2) is 71.9 Å². The molecule has 1 aliphatic heterocycles. The van der Waals surface area contributed by atoms with Gasteiger partial charge in [-0.1, -0.05) is 30.3 Å². The predicted molar refractivity (Wildman–Crippen MR) is 131 cm³/mol. The smallest absolute Gasteiger partial charge is 0.243 e. The van der Waals surface area contributed by atoms with Gasteiger partial charge in [-0.2, -0.15) is 0 Å². The second-order valence-corrected chi connectivity index (χ2v) is 8.03. The fourth-order valence-electron chi connectivity index (χ4n) is 4.26. The molecule has 1 aromatic heterocycles. The zero-order valence-corrected chi connectivity index (χ0v) is 18.3. The second-order valence-electron chi connectivity index (χ2n) is 8.03. The van der Waals surface area contributed by atoms with Gasteiger partial charge in [-0.25, -0.2) is 0 Å². The number of aliphatic imine (C=N–C) groups is 1. The monoisotopic (exact) mass is 430 g/mol. The number of carbonyl (C=O) groups excluding carboxylic acids is 1. The van der Waals surface area contributed by atoms with E-state index in [0.29, 0.717) is 11.7 Å². The van der Waals surface area contributed by atoms with Crippen LogP contribution in [0.3, 0.4) is 0 Å². The molecule has 1 atom stereocenters. The number of nitrogen functional groups attached to an aromatic ring is 1. The third kappa shape index (κ3) is 5.11. The number of anilines is 3. The number of nitrogens with one attached hydrogen (secondary N) is 3. The van der Waals surface area contributed by atoms with E-state index in [1.54, 1.807) is 0 Å². The van der Waals surface area contributed by atoms with Gasteiger partial charge in [-0.05, 0) is 48.7 Å². The highest BCUT2D eigenvalue weighted by Crippen LogP contribution is 2.30. The summed E-state index contributed by atoms with van der Waals surface area (Å²) >= 11 is 0. The number of hydrogen-bond donors (Lipinski definition) is 4. The van der Waals surface area contributed by atoms with Crippen LogP contribution in [0.25, 0.3) is 0 Å². The predicted octanol–water partition coefficient (Wildman–Crippen LogP) is 3.90. The summed E-state index contributed by atoms with van der Waals surface area (Å²) in [6.45, 7) is 2.04. The van der Waals surface area contributed by atoms with Gasteiger partial charge in [0.15, 0.2) is 0 Å². The maximum Gasteiger partial charge on any atom is 0.243 e. The van der Waals surface area contributed by atoms with Crippen molar-refractivity contribution in [3.63, 3.8) is 0 Å². The number of aromatic amines is 1. The van der Waals surface area contributed by atoms with Gasteiger partial charge in [0.25, 0.3) is 0 Å². The maximum atomic E-state index is 12.4. The largest absolute Gasteiger partial charge is 0.385 e. The first kappa shape index (κ1) is 21.5. The van der Waals surface area contributed by atoms with Gasteiger partial charge in [0.05, 0.1) is 12.1 Å². The molecule has 2 aromatic carbocycles. The Bertz CT molecular complexity index is 1070. The van der Waals surface area contributed by atoms with E-state index in [1.165, 1.54) is 5.56 Å². The molecule has 4 rings (SSSR count). The molecule has 166 valence electrons. The summed E-state index contributed by atoms with van der Waals surface area (Å²) in [5, 5.41) is 6.15. The number of piperidine rings is 1. The van der Waals surface area contributed by atoms with Gasteiger partial charge in [-0.3, -0.25) is 9.79 Å². The molecule has 2 heterocycles. The van der Waals surface area contributed by atoms with Crippen LogP contribution in [-0.2, 0) is 4.79 Å². The molecule has 5 N–H and O–H groups in total.